The van der Waals surface area contributed by atoms with Gasteiger partial charge in [0.15, 0.2) is 11.5 Å². The van der Waals surface area contributed by atoms with Crippen LogP contribution in [0.15, 0.2) is 18.2 Å². The number of ether oxygens (including phenoxy) is 2. The van der Waals surface area contributed by atoms with Crippen molar-refractivity contribution in [2.24, 2.45) is 0 Å². The molecular formula is C13H14N2O3. The predicted octanol–water partition coefficient (Wildman–Crippen LogP) is 1.49. The van der Waals surface area contributed by atoms with Crippen LogP contribution in [0.2, 0.25) is 0 Å². The van der Waals surface area contributed by atoms with Gasteiger partial charge in [-0.15, -0.1) is 0 Å². The summed E-state index contributed by atoms with van der Waals surface area (Å²) in [6.07, 6.45) is 0.288. The lowest BCUT2D eigenvalue weighted by Crippen LogP contribution is -2.32. The Morgan fingerprint density at radius 1 is 1.44 bits per heavy atom. The maximum Gasteiger partial charge on any atom is 0.251 e. The Morgan fingerprint density at radius 2 is 2.17 bits per heavy atom. The fourth-order valence-electron chi connectivity index (χ4n) is 1.68. The number of benzene rings is 1. The number of nitrogens with one attached hydrogen (secondary N) is 1. The molecule has 0 fully saturated rings. The number of carbonyl (C=O) groups is 1. The molecule has 1 N–H and O–H groups in total. The van der Waals surface area contributed by atoms with Crippen LogP contribution in [0.1, 0.15) is 23.7 Å². The van der Waals surface area contributed by atoms with E-state index in [2.05, 4.69) is 5.32 Å². The lowest BCUT2D eigenvalue weighted by molar-refractivity contribution is 0.0939. The molecule has 0 bridgehead atoms. The summed E-state index contributed by atoms with van der Waals surface area (Å²) < 4.78 is 10.8. The van der Waals surface area contributed by atoms with Gasteiger partial charge >= 0.3 is 0 Å². The molecule has 1 aliphatic rings. The average Bonchev–Trinajstić information content (AvgIpc) is 2.38. The third-order valence-electron chi connectivity index (χ3n) is 2.58. The molecule has 1 aliphatic heterocycles. The lowest BCUT2D eigenvalue weighted by Gasteiger charge is -2.19. The Morgan fingerprint density at radius 3 is 2.89 bits per heavy atom. The second-order valence-electron chi connectivity index (χ2n) is 4.10. The third-order valence-corrected chi connectivity index (χ3v) is 2.58. The molecule has 5 heteroatoms. The fraction of sp³-hybridized carbons (Fsp3) is 0.385. The molecule has 0 radical (unpaired) electrons. The van der Waals surface area contributed by atoms with Crippen LogP contribution in [0.25, 0.3) is 0 Å². The van der Waals surface area contributed by atoms with E-state index in [1.807, 2.05) is 6.07 Å². The Kier molecular flexibility index (Phi) is 3.68. The van der Waals surface area contributed by atoms with Crippen LogP contribution in [-0.4, -0.2) is 25.2 Å². The van der Waals surface area contributed by atoms with Crippen molar-refractivity contribution in [1.29, 1.82) is 5.26 Å². The number of hydrogen-bond donors (Lipinski definition) is 1. The molecule has 1 aromatic rings. The lowest BCUT2D eigenvalue weighted by atomic mass is 10.1. The summed E-state index contributed by atoms with van der Waals surface area (Å²) in [5.74, 6) is 1.03. The van der Waals surface area contributed by atoms with E-state index in [-0.39, 0.29) is 18.4 Å². The first-order valence-corrected chi connectivity index (χ1v) is 5.78. The van der Waals surface area contributed by atoms with Crippen LogP contribution < -0.4 is 14.8 Å². The first kappa shape index (κ1) is 12.2. The van der Waals surface area contributed by atoms with Crippen molar-refractivity contribution in [2.45, 2.75) is 19.4 Å². The van der Waals surface area contributed by atoms with E-state index in [1.165, 1.54) is 0 Å². The van der Waals surface area contributed by atoms with Crippen LogP contribution in [0.4, 0.5) is 0 Å². The van der Waals surface area contributed by atoms with Gasteiger partial charge in [-0.25, -0.2) is 0 Å². The molecule has 0 saturated carbocycles. The van der Waals surface area contributed by atoms with Gasteiger partial charge in [-0.05, 0) is 25.1 Å². The summed E-state index contributed by atoms with van der Waals surface area (Å²) in [7, 11) is 0. The normalized spacial score (nSPS) is 14.4. The maximum absolute atomic E-state index is 11.9. The molecule has 0 saturated heterocycles. The summed E-state index contributed by atoms with van der Waals surface area (Å²) >= 11 is 0. The van der Waals surface area contributed by atoms with Crippen molar-refractivity contribution in [3.63, 3.8) is 0 Å². The molecule has 1 unspecified atom stereocenters. The first-order chi connectivity index (χ1) is 8.70. The molecule has 0 spiro atoms. The number of fused-ring (bicyclic) bond motifs is 1. The van der Waals surface area contributed by atoms with Crippen LogP contribution >= 0.6 is 0 Å². The minimum absolute atomic E-state index is 0.171. The van der Waals surface area contributed by atoms with Crippen LogP contribution in [0, 0.1) is 11.3 Å². The van der Waals surface area contributed by atoms with Crippen molar-refractivity contribution in [3.05, 3.63) is 23.8 Å². The second-order valence-corrected chi connectivity index (χ2v) is 4.10. The quantitative estimate of drug-likeness (QED) is 0.877. The van der Waals surface area contributed by atoms with Crippen LogP contribution in [0.3, 0.4) is 0 Å². The first-order valence-electron chi connectivity index (χ1n) is 5.78. The predicted molar refractivity (Wildman–Crippen MR) is 64.6 cm³/mol. The van der Waals surface area contributed by atoms with E-state index in [4.69, 9.17) is 14.7 Å². The molecule has 1 aromatic carbocycles. The van der Waals surface area contributed by atoms with E-state index in [0.717, 1.165) is 0 Å². The highest BCUT2D eigenvalue weighted by Gasteiger charge is 2.15. The van der Waals surface area contributed by atoms with E-state index in [0.29, 0.717) is 30.3 Å². The molecule has 5 nitrogen and oxygen atoms in total. The van der Waals surface area contributed by atoms with Crippen molar-refractivity contribution in [3.8, 4) is 17.6 Å². The third kappa shape index (κ3) is 2.72. The van der Waals surface area contributed by atoms with Gasteiger partial charge < -0.3 is 14.8 Å². The van der Waals surface area contributed by atoms with E-state index in [9.17, 15) is 4.79 Å². The molecular weight excluding hydrogens is 232 g/mol. The van der Waals surface area contributed by atoms with Gasteiger partial charge in [0.1, 0.15) is 13.2 Å². The van der Waals surface area contributed by atoms with Gasteiger partial charge in [-0.2, -0.15) is 5.26 Å². The van der Waals surface area contributed by atoms with Gasteiger partial charge in [-0.1, -0.05) is 0 Å². The average molecular weight is 246 g/mol. The monoisotopic (exact) mass is 246 g/mol. The molecule has 0 aliphatic carbocycles. The number of rotatable bonds is 3. The van der Waals surface area contributed by atoms with E-state index >= 15 is 0 Å². The summed E-state index contributed by atoms with van der Waals surface area (Å²) in [5.41, 5.74) is 0.504. The molecule has 1 heterocycles. The van der Waals surface area contributed by atoms with Gasteiger partial charge in [0, 0.05) is 11.6 Å². The summed E-state index contributed by atoms with van der Waals surface area (Å²) in [6.45, 7) is 2.81. The number of nitrogens with zero attached hydrogens (tertiary/aromatic N) is 1. The molecule has 94 valence electrons. The van der Waals surface area contributed by atoms with Crippen molar-refractivity contribution in [1.82, 2.24) is 5.32 Å². The second kappa shape index (κ2) is 5.41. The summed E-state index contributed by atoms with van der Waals surface area (Å²) in [5, 5.41) is 11.3. The van der Waals surface area contributed by atoms with Gasteiger partial charge in [0.2, 0.25) is 0 Å². The molecule has 0 aromatic heterocycles. The molecule has 18 heavy (non-hydrogen) atoms. The standard InChI is InChI=1S/C13H14N2O3/c1-9(4-5-14)15-13(16)10-2-3-11-12(8-10)18-7-6-17-11/h2-3,8-9H,4,6-7H2,1H3,(H,15,16). The number of hydrogen-bond acceptors (Lipinski definition) is 4. The zero-order valence-electron chi connectivity index (χ0n) is 10.1. The van der Waals surface area contributed by atoms with Gasteiger partial charge in [0.05, 0.1) is 12.5 Å². The smallest absolute Gasteiger partial charge is 0.251 e. The maximum atomic E-state index is 11.9. The number of amides is 1. The van der Waals surface area contributed by atoms with E-state index in [1.54, 1.807) is 25.1 Å². The highest BCUT2D eigenvalue weighted by atomic mass is 16.6. The highest BCUT2D eigenvalue weighted by Crippen LogP contribution is 2.30. The Balaban J connectivity index is 2.09. The van der Waals surface area contributed by atoms with Gasteiger partial charge in [-0.3, -0.25) is 4.79 Å². The molecule has 1 atom stereocenters. The van der Waals surface area contributed by atoms with Crippen LogP contribution in [0.5, 0.6) is 11.5 Å². The number of carbonyl (C=O) groups excluding carboxylic acids is 1. The molecule has 2 rings (SSSR count). The van der Waals surface area contributed by atoms with Gasteiger partial charge in [0.25, 0.3) is 5.91 Å². The van der Waals surface area contributed by atoms with Crippen LogP contribution in [-0.2, 0) is 0 Å². The zero-order chi connectivity index (χ0) is 13.0. The highest BCUT2D eigenvalue weighted by molar-refractivity contribution is 5.95. The minimum Gasteiger partial charge on any atom is -0.486 e. The topological polar surface area (TPSA) is 71.4 Å². The Labute approximate surface area is 105 Å². The largest absolute Gasteiger partial charge is 0.486 e. The Bertz CT molecular complexity index is 493. The zero-order valence-corrected chi connectivity index (χ0v) is 10.1. The Hall–Kier alpha value is -2.22. The van der Waals surface area contributed by atoms with Crippen molar-refractivity contribution >= 4 is 5.91 Å². The van der Waals surface area contributed by atoms with E-state index < -0.39 is 0 Å². The summed E-state index contributed by atoms with van der Waals surface area (Å²) in [6, 6.07) is 6.90. The number of nitriles is 1. The summed E-state index contributed by atoms with van der Waals surface area (Å²) in [4.78, 5) is 11.9. The molecule has 1 amide bonds. The SMILES string of the molecule is CC(CC#N)NC(=O)c1ccc2c(c1)OCCO2. The minimum atomic E-state index is -0.213. The van der Waals surface area contributed by atoms with Crippen molar-refractivity contribution in [2.75, 3.05) is 13.2 Å². The van der Waals surface area contributed by atoms with Crippen molar-refractivity contribution < 1.29 is 14.3 Å². The fourth-order valence-corrected chi connectivity index (χ4v) is 1.68.